The van der Waals surface area contributed by atoms with Gasteiger partial charge in [-0.05, 0) is 43.7 Å². The van der Waals surface area contributed by atoms with E-state index >= 15 is 0 Å². The van der Waals surface area contributed by atoms with Crippen molar-refractivity contribution in [3.05, 3.63) is 59.7 Å². The molecule has 0 fully saturated rings. The number of halogens is 2. The van der Waals surface area contributed by atoms with E-state index in [1.54, 1.807) is 6.07 Å². The largest absolute Gasteiger partial charge is 0.313 e. The van der Waals surface area contributed by atoms with Gasteiger partial charge in [0.25, 0.3) is 0 Å². The monoisotopic (exact) mass is 396 g/mol. The van der Waals surface area contributed by atoms with Crippen LogP contribution in [0.5, 0.6) is 0 Å². The van der Waals surface area contributed by atoms with Gasteiger partial charge in [-0.2, -0.15) is 0 Å². The van der Waals surface area contributed by atoms with Crippen molar-refractivity contribution in [2.45, 2.75) is 20.3 Å². The van der Waals surface area contributed by atoms with E-state index in [0.29, 0.717) is 18.3 Å². The Morgan fingerprint density at radius 3 is 2.37 bits per heavy atom. The summed E-state index contributed by atoms with van der Waals surface area (Å²) in [5.41, 5.74) is 1.41. The Labute approximate surface area is 158 Å². The minimum Gasteiger partial charge on any atom is -0.313 e. The summed E-state index contributed by atoms with van der Waals surface area (Å²) in [6.07, 6.45) is 0.768. The Morgan fingerprint density at radius 1 is 1.11 bits per heavy atom. The highest BCUT2D eigenvalue weighted by Crippen LogP contribution is 2.24. The summed E-state index contributed by atoms with van der Waals surface area (Å²) in [4.78, 5) is 14.2. The first-order valence-electron chi connectivity index (χ1n) is 8.43. The number of hydrogen-bond donors (Lipinski definition) is 0. The van der Waals surface area contributed by atoms with Gasteiger partial charge in [-0.25, -0.2) is 17.2 Å². The van der Waals surface area contributed by atoms with Crippen LogP contribution >= 0.6 is 0 Å². The van der Waals surface area contributed by atoms with Gasteiger partial charge >= 0.3 is 0 Å². The van der Waals surface area contributed by atoms with Crippen LogP contribution in [0.2, 0.25) is 0 Å². The fourth-order valence-corrected chi connectivity index (χ4v) is 3.71. The van der Waals surface area contributed by atoms with Crippen molar-refractivity contribution in [2.24, 2.45) is 0 Å². The average Bonchev–Trinajstić information content (AvgIpc) is 2.56. The van der Waals surface area contributed by atoms with Crippen molar-refractivity contribution in [1.82, 2.24) is 0 Å². The Hall–Kier alpha value is -2.48. The number of aryl methyl sites for hydroxylation is 1. The molecule has 0 saturated carbocycles. The van der Waals surface area contributed by atoms with Gasteiger partial charge in [0, 0.05) is 31.3 Å². The van der Waals surface area contributed by atoms with Crippen LogP contribution in [0.3, 0.4) is 0 Å². The minimum absolute atomic E-state index is 0.147. The molecule has 0 aliphatic carbocycles. The summed E-state index contributed by atoms with van der Waals surface area (Å²) in [6, 6.07) is 10.0. The summed E-state index contributed by atoms with van der Waals surface area (Å²) in [5.74, 6) is -2.10. The molecule has 0 atom stereocenters. The number of nitrogens with zero attached hydrogens (tertiary/aromatic N) is 2. The molecule has 1 amide bonds. The lowest BCUT2D eigenvalue weighted by Gasteiger charge is -2.25. The fraction of sp³-hybridized carbons (Fsp3) is 0.316. The molecule has 2 aromatic rings. The van der Waals surface area contributed by atoms with Crippen LogP contribution in [0.1, 0.15) is 18.9 Å². The molecule has 146 valence electrons. The van der Waals surface area contributed by atoms with E-state index in [9.17, 15) is 22.0 Å². The second-order valence-electron chi connectivity index (χ2n) is 6.16. The van der Waals surface area contributed by atoms with Crippen molar-refractivity contribution < 1.29 is 22.0 Å². The minimum atomic E-state index is -3.85. The smallest absolute Gasteiger partial charge is 0.232 e. The van der Waals surface area contributed by atoms with Crippen LogP contribution < -0.4 is 9.21 Å². The molecular formula is C19H22F2N2O3S. The summed E-state index contributed by atoms with van der Waals surface area (Å²) in [7, 11) is -3.85. The van der Waals surface area contributed by atoms with Gasteiger partial charge in [0.05, 0.1) is 11.9 Å². The number of rotatable bonds is 7. The predicted molar refractivity (Wildman–Crippen MR) is 102 cm³/mol. The lowest BCUT2D eigenvalue weighted by atomic mass is 10.2. The van der Waals surface area contributed by atoms with Gasteiger partial charge in [-0.1, -0.05) is 12.1 Å². The highest BCUT2D eigenvalue weighted by atomic mass is 32.2. The van der Waals surface area contributed by atoms with Gasteiger partial charge in [-0.15, -0.1) is 0 Å². The quantitative estimate of drug-likeness (QED) is 0.720. The Balaban J connectivity index is 2.22. The normalized spacial score (nSPS) is 11.3. The van der Waals surface area contributed by atoms with Crippen molar-refractivity contribution in [3.63, 3.8) is 0 Å². The van der Waals surface area contributed by atoms with Crippen LogP contribution in [0, 0.1) is 18.6 Å². The van der Waals surface area contributed by atoms with Crippen molar-refractivity contribution >= 4 is 27.3 Å². The lowest BCUT2D eigenvalue weighted by Crippen LogP contribution is -2.37. The molecule has 0 bridgehead atoms. The number of hydrogen-bond acceptors (Lipinski definition) is 3. The topological polar surface area (TPSA) is 57.7 Å². The van der Waals surface area contributed by atoms with E-state index in [4.69, 9.17) is 0 Å². The Kier molecular flexibility index (Phi) is 6.54. The summed E-state index contributed by atoms with van der Waals surface area (Å²) in [6.45, 7) is 3.88. The van der Waals surface area contributed by atoms with E-state index in [1.165, 1.54) is 4.90 Å². The third-order valence-electron chi connectivity index (χ3n) is 4.04. The van der Waals surface area contributed by atoms with Crippen LogP contribution in [-0.2, 0) is 14.8 Å². The van der Waals surface area contributed by atoms with Gasteiger partial charge in [0.15, 0.2) is 0 Å². The molecule has 0 aliphatic rings. The molecule has 0 unspecified atom stereocenters. The number of benzene rings is 2. The SMILES string of the molecule is CCN(C(=O)CCN(c1ccc(F)cc1F)S(C)(=O)=O)c1cccc(C)c1. The molecule has 0 saturated heterocycles. The van der Waals surface area contributed by atoms with Gasteiger partial charge < -0.3 is 4.90 Å². The maximum atomic E-state index is 14.0. The van der Waals surface area contributed by atoms with Gasteiger partial charge in [-0.3, -0.25) is 9.10 Å². The van der Waals surface area contributed by atoms with Crippen molar-refractivity contribution in [1.29, 1.82) is 0 Å². The molecule has 5 nitrogen and oxygen atoms in total. The first-order chi connectivity index (χ1) is 12.6. The molecular weight excluding hydrogens is 374 g/mol. The van der Waals surface area contributed by atoms with E-state index in [1.807, 2.05) is 32.0 Å². The van der Waals surface area contributed by atoms with Crippen LogP contribution in [0.15, 0.2) is 42.5 Å². The highest BCUT2D eigenvalue weighted by Gasteiger charge is 2.23. The number of amides is 1. The average molecular weight is 396 g/mol. The van der Waals surface area contributed by atoms with Crippen LogP contribution in [0.4, 0.5) is 20.2 Å². The van der Waals surface area contributed by atoms with E-state index in [-0.39, 0.29) is 24.6 Å². The Morgan fingerprint density at radius 2 is 1.81 bits per heavy atom. The zero-order valence-corrected chi connectivity index (χ0v) is 16.3. The summed E-state index contributed by atoms with van der Waals surface area (Å²) < 4.78 is 52.1. The van der Waals surface area contributed by atoms with Crippen molar-refractivity contribution in [3.8, 4) is 0 Å². The van der Waals surface area contributed by atoms with Gasteiger partial charge in [0.2, 0.25) is 15.9 Å². The molecule has 0 aliphatic heterocycles. The zero-order chi connectivity index (χ0) is 20.2. The van der Waals surface area contributed by atoms with Gasteiger partial charge in [0.1, 0.15) is 11.6 Å². The van der Waals surface area contributed by atoms with E-state index < -0.39 is 21.7 Å². The lowest BCUT2D eigenvalue weighted by molar-refractivity contribution is -0.118. The molecule has 0 aromatic heterocycles. The number of carbonyl (C=O) groups is 1. The van der Waals surface area contributed by atoms with E-state index in [2.05, 4.69) is 0 Å². The second-order valence-corrected chi connectivity index (χ2v) is 8.06. The maximum absolute atomic E-state index is 14.0. The number of anilines is 2. The molecule has 27 heavy (non-hydrogen) atoms. The maximum Gasteiger partial charge on any atom is 0.232 e. The van der Waals surface area contributed by atoms with E-state index in [0.717, 1.165) is 28.3 Å². The molecule has 0 heterocycles. The predicted octanol–water partition coefficient (Wildman–Crippen LogP) is 3.48. The van der Waals surface area contributed by atoms with Crippen LogP contribution in [0.25, 0.3) is 0 Å². The molecule has 0 spiro atoms. The molecule has 8 heteroatoms. The molecule has 2 aromatic carbocycles. The summed E-state index contributed by atoms with van der Waals surface area (Å²) >= 11 is 0. The molecule has 2 rings (SSSR count). The third kappa shape index (κ3) is 5.26. The second kappa shape index (κ2) is 8.47. The Bertz CT molecular complexity index is 932. The number of carbonyl (C=O) groups excluding carboxylic acids is 1. The first-order valence-corrected chi connectivity index (χ1v) is 10.3. The van der Waals surface area contributed by atoms with Crippen LogP contribution in [-0.4, -0.2) is 33.7 Å². The highest BCUT2D eigenvalue weighted by molar-refractivity contribution is 7.92. The first kappa shape index (κ1) is 20.8. The number of sulfonamides is 1. The van der Waals surface area contributed by atoms with Crippen molar-refractivity contribution in [2.75, 3.05) is 28.6 Å². The molecule has 0 radical (unpaired) electrons. The molecule has 0 N–H and O–H groups in total. The fourth-order valence-electron chi connectivity index (χ4n) is 2.78. The zero-order valence-electron chi connectivity index (χ0n) is 15.4. The summed E-state index contributed by atoms with van der Waals surface area (Å²) in [5, 5.41) is 0. The standard InChI is InChI=1S/C19H22F2N2O3S/c1-4-22(16-7-5-6-14(2)12-16)19(24)10-11-23(27(3,25)26)18-9-8-15(20)13-17(18)21/h5-9,12-13H,4,10-11H2,1-3H3. The third-order valence-corrected chi connectivity index (χ3v) is 5.22.